The Morgan fingerprint density at radius 3 is 2.54 bits per heavy atom. The molecular weight excluding hydrogens is 236 g/mol. The molecule has 4 heteroatoms. The zero-order chi connectivity index (χ0) is 10.1. The molecule has 0 unspecified atom stereocenters. The Kier molecular flexibility index (Phi) is 8.19. The molecule has 0 amide bonds. The second-order valence-corrected chi connectivity index (χ2v) is 3.81. The number of halogens is 1. The summed E-state index contributed by atoms with van der Waals surface area (Å²) < 4.78 is 9.61. The van der Waals surface area contributed by atoms with Gasteiger partial charge in [-0.2, -0.15) is 0 Å². The van der Waals surface area contributed by atoms with Gasteiger partial charge in [0.2, 0.25) is 0 Å². The highest BCUT2D eigenvalue weighted by molar-refractivity contribution is 9.09. The summed E-state index contributed by atoms with van der Waals surface area (Å²) in [6.07, 6.45) is 2.42. The summed E-state index contributed by atoms with van der Waals surface area (Å²) >= 11 is 3.33. The van der Waals surface area contributed by atoms with Gasteiger partial charge in [0.1, 0.15) is 0 Å². The van der Waals surface area contributed by atoms with Crippen LogP contribution in [0, 0.1) is 0 Å². The number of hydrogen-bond acceptors (Lipinski definition) is 3. The maximum atomic E-state index is 10.8. The highest BCUT2D eigenvalue weighted by Crippen LogP contribution is 2.00. The van der Waals surface area contributed by atoms with Gasteiger partial charge in [-0.15, -0.1) is 0 Å². The maximum Gasteiger partial charge on any atom is 0.508 e. The molecule has 3 nitrogen and oxygen atoms in total. The van der Waals surface area contributed by atoms with Gasteiger partial charge in [-0.3, -0.25) is 0 Å². The minimum absolute atomic E-state index is 0.102. The van der Waals surface area contributed by atoms with Crippen molar-refractivity contribution < 1.29 is 14.3 Å². The molecule has 0 rings (SSSR count). The van der Waals surface area contributed by atoms with Crippen LogP contribution >= 0.6 is 15.9 Å². The number of unbranched alkanes of at least 4 members (excludes halogenated alkanes) is 2. The largest absolute Gasteiger partial charge is 0.508 e. The van der Waals surface area contributed by atoms with Crippen LogP contribution in [0.25, 0.3) is 0 Å². The minimum Gasteiger partial charge on any atom is -0.434 e. The van der Waals surface area contributed by atoms with Gasteiger partial charge in [0.15, 0.2) is 0 Å². The second kappa shape index (κ2) is 8.35. The molecule has 0 heterocycles. The average Bonchev–Trinajstić information content (AvgIpc) is 2.02. The van der Waals surface area contributed by atoms with E-state index in [1.54, 1.807) is 13.8 Å². The third kappa shape index (κ3) is 9.67. The fraction of sp³-hybridized carbons (Fsp3) is 0.889. The van der Waals surface area contributed by atoms with E-state index in [1.807, 2.05) is 0 Å². The third-order valence-electron chi connectivity index (χ3n) is 1.33. The lowest BCUT2D eigenvalue weighted by atomic mass is 10.3. The van der Waals surface area contributed by atoms with Gasteiger partial charge in [-0.05, 0) is 33.1 Å². The Balaban J connectivity index is 3.17. The molecule has 0 spiro atoms. The Hall–Kier alpha value is -0.250. The molecule has 0 fully saturated rings. The zero-order valence-electron chi connectivity index (χ0n) is 8.22. The summed E-state index contributed by atoms with van der Waals surface area (Å²) in [6.45, 7) is 4.05. The molecule has 0 aromatic carbocycles. The van der Waals surface area contributed by atoms with E-state index in [9.17, 15) is 4.79 Å². The van der Waals surface area contributed by atoms with Gasteiger partial charge in [0.05, 0.1) is 12.7 Å². The SMILES string of the molecule is CC(C)OC(=O)OCCCCCBr. The Labute approximate surface area is 87.9 Å². The number of alkyl halides is 1. The summed E-state index contributed by atoms with van der Waals surface area (Å²) in [5.74, 6) is 0. The summed E-state index contributed by atoms with van der Waals surface area (Å²) in [4.78, 5) is 10.8. The lowest BCUT2D eigenvalue weighted by molar-refractivity contribution is 0.0337. The first-order valence-corrected chi connectivity index (χ1v) is 5.68. The van der Waals surface area contributed by atoms with Crippen molar-refractivity contribution in [2.45, 2.75) is 39.2 Å². The van der Waals surface area contributed by atoms with Gasteiger partial charge in [-0.25, -0.2) is 4.79 Å². The molecule has 0 saturated heterocycles. The van der Waals surface area contributed by atoms with Crippen molar-refractivity contribution in [3.05, 3.63) is 0 Å². The average molecular weight is 253 g/mol. The van der Waals surface area contributed by atoms with Crippen LogP contribution in [0.3, 0.4) is 0 Å². The lowest BCUT2D eigenvalue weighted by Crippen LogP contribution is -2.13. The molecule has 13 heavy (non-hydrogen) atoms. The van der Waals surface area contributed by atoms with Crippen LogP contribution < -0.4 is 0 Å². The van der Waals surface area contributed by atoms with Crippen molar-refractivity contribution in [2.75, 3.05) is 11.9 Å². The Bertz CT molecular complexity index is 137. The van der Waals surface area contributed by atoms with E-state index in [1.165, 1.54) is 0 Å². The molecule has 0 atom stereocenters. The van der Waals surface area contributed by atoms with Gasteiger partial charge in [0.25, 0.3) is 0 Å². The molecule has 0 aromatic rings. The van der Waals surface area contributed by atoms with Crippen molar-refractivity contribution in [3.8, 4) is 0 Å². The maximum absolute atomic E-state index is 10.8. The molecule has 0 aliphatic heterocycles. The summed E-state index contributed by atoms with van der Waals surface area (Å²) in [7, 11) is 0. The Morgan fingerprint density at radius 1 is 1.31 bits per heavy atom. The van der Waals surface area contributed by atoms with E-state index >= 15 is 0 Å². The first-order valence-electron chi connectivity index (χ1n) is 4.56. The fourth-order valence-corrected chi connectivity index (χ4v) is 1.15. The number of carbonyl (C=O) groups is 1. The standard InChI is InChI=1S/C9H17BrO3/c1-8(2)13-9(11)12-7-5-3-4-6-10/h8H,3-7H2,1-2H3. The molecule has 0 aliphatic rings. The first-order chi connectivity index (χ1) is 6.16. The monoisotopic (exact) mass is 252 g/mol. The molecule has 0 bridgehead atoms. The van der Waals surface area contributed by atoms with Crippen LogP contribution in [0.1, 0.15) is 33.1 Å². The van der Waals surface area contributed by atoms with E-state index in [2.05, 4.69) is 15.9 Å². The van der Waals surface area contributed by atoms with Crippen molar-refractivity contribution in [1.29, 1.82) is 0 Å². The number of hydrogen-bond donors (Lipinski definition) is 0. The van der Waals surface area contributed by atoms with E-state index in [0.717, 1.165) is 24.6 Å². The van der Waals surface area contributed by atoms with Crippen LogP contribution in [-0.4, -0.2) is 24.2 Å². The van der Waals surface area contributed by atoms with E-state index in [4.69, 9.17) is 9.47 Å². The first kappa shape index (κ1) is 12.8. The number of carbonyl (C=O) groups excluding carboxylic acids is 1. The topological polar surface area (TPSA) is 35.5 Å². The van der Waals surface area contributed by atoms with Crippen LogP contribution in [0.15, 0.2) is 0 Å². The molecule has 0 aromatic heterocycles. The number of ether oxygens (including phenoxy) is 2. The van der Waals surface area contributed by atoms with Crippen molar-refractivity contribution >= 4 is 22.1 Å². The molecule has 0 aliphatic carbocycles. The quantitative estimate of drug-likeness (QED) is 0.414. The molecular formula is C9H17BrO3. The van der Waals surface area contributed by atoms with Crippen molar-refractivity contribution in [3.63, 3.8) is 0 Å². The normalized spacial score (nSPS) is 10.2. The van der Waals surface area contributed by atoms with Gasteiger partial charge >= 0.3 is 6.16 Å². The zero-order valence-corrected chi connectivity index (χ0v) is 9.80. The van der Waals surface area contributed by atoms with Crippen LogP contribution in [-0.2, 0) is 9.47 Å². The van der Waals surface area contributed by atoms with Crippen LogP contribution in [0.5, 0.6) is 0 Å². The lowest BCUT2D eigenvalue weighted by Gasteiger charge is -2.07. The van der Waals surface area contributed by atoms with Crippen molar-refractivity contribution in [1.82, 2.24) is 0 Å². The highest BCUT2D eigenvalue weighted by atomic mass is 79.9. The number of rotatable bonds is 6. The molecule has 0 N–H and O–H groups in total. The predicted octanol–water partition coefficient (Wildman–Crippen LogP) is 3.11. The minimum atomic E-state index is -0.561. The summed E-state index contributed by atoms with van der Waals surface area (Å²) in [6, 6.07) is 0. The predicted molar refractivity (Wildman–Crippen MR) is 55.2 cm³/mol. The van der Waals surface area contributed by atoms with E-state index in [-0.39, 0.29) is 6.10 Å². The third-order valence-corrected chi connectivity index (χ3v) is 1.89. The van der Waals surface area contributed by atoms with Gasteiger partial charge in [0, 0.05) is 5.33 Å². The highest BCUT2D eigenvalue weighted by Gasteiger charge is 2.04. The molecule has 0 radical (unpaired) electrons. The molecule has 78 valence electrons. The fourth-order valence-electron chi connectivity index (χ4n) is 0.755. The van der Waals surface area contributed by atoms with Crippen molar-refractivity contribution in [2.24, 2.45) is 0 Å². The van der Waals surface area contributed by atoms with E-state index < -0.39 is 6.16 Å². The second-order valence-electron chi connectivity index (χ2n) is 3.01. The molecule has 0 saturated carbocycles. The van der Waals surface area contributed by atoms with Crippen LogP contribution in [0.2, 0.25) is 0 Å². The van der Waals surface area contributed by atoms with Gasteiger partial charge < -0.3 is 9.47 Å². The summed E-state index contributed by atoms with van der Waals surface area (Å²) in [5, 5.41) is 1.00. The van der Waals surface area contributed by atoms with E-state index in [0.29, 0.717) is 6.61 Å². The Morgan fingerprint density at radius 2 is 2.00 bits per heavy atom. The smallest absolute Gasteiger partial charge is 0.434 e. The van der Waals surface area contributed by atoms with Gasteiger partial charge in [-0.1, -0.05) is 15.9 Å². The summed E-state index contributed by atoms with van der Waals surface area (Å²) in [5.41, 5.74) is 0. The van der Waals surface area contributed by atoms with Crippen LogP contribution in [0.4, 0.5) is 4.79 Å².